The van der Waals surface area contributed by atoms with E-state index in [0.717, 1.165) is 10.4 Å². The Balaban J connectivity index is 2.06. The molecule has 0 amide bonds. The molecule has 0 heterocycles. The summed E-state index contributed by atoms with van der Waals surface area (Å²) in [7, 11) is 0. The topological polar surface area (TPSA) is 12.0 Å². The summed E-state index contributed by atoms with van der Waals surface area (Å²) in [5, 5.41) is 3.69. The lowest BCUT2D eigenvalue weighted by atomic mass is 9.70. The Bertz CT molecular complexity index is 386. The van der Waals surface area contributed by atoms with Gasteiger partial charge in [0, 0.05) is 16.2 Å². The van der Waals surface area contributed by atoms with Gasteiger partial charge in [-0.15, -0.1) is 0 Å². The first kappa shape index (κ1) is 12.9. The predicted molar refractivity (Wildman–Crippen MR) is 78.3 cm³/mol. The van der Waals surface area contributed by atoms with Crippen molar-refractivity contribution < 1.29 is 0 Å². The number of hydrogen-bond acceptors (Lipinski definition) is 1. The molecule has 1 aromatic rings. The van der Waals surface area contributed by atoms with Crippen LogP contribution in [0.15, 0.2) is 28.7 Å². The van der Waals surface area contributed by atoms with Crippen LogP contribution in [-0.2, 0) is 0 Å². The third-order valence-corrected chi connectivity index (χ3v) is 4.31. The molecule has 0 spiro atoms. The molecule has 0 radical (unpaired) electrons. The van der Waals surface area contributed by atoms with Gasteiger partial charge in [-0.3, -0.25) is 0 Å². The van der Waals surface area contributed by atoms with Gasteiger partial charge in [0.2, 0.25) is 0 Å². The molecular weight excluding hydrogens is 274 g/mol. The molecule has 0 aromatic heterocycles. The molecule has 1 nitrogen and oxygen atoms in total. The summed E-state index contributed by atoms with van der Waals surface area (Å²) in [6.07, 6.45) is 3.89. The molecule has 2 heteroatoms. The smallest absolute Gasteiger partial charge is 0.0486 e. The minimum absolute atomic E-state index is 0.469. The van der Waals surface area contributed by atoms with Gasteiger partial charge in [0.05, 0.1) is 0 Å². The lowest BCUT2D eigenvalue weighted by Crippen LogP contribution is -2.35. The fraction of sp³-hybridized carbons (Fsp3) is 0.600. The molecule has 1 aromatic carbocycles. The highest BCUT2D eigenvalue weighted by molar-refractivity contribution is 9.10. The Morgan fingerprint density at radius 1 is 1.24 bits per heavy atom. The predicted octanol–water partition coefficient (Wildman–Crippen LogP) is 5.08. The van der Waals surface area contributed by atoms with E-state index in [4.69, 9.17) is 0 Å². The number of rotatable bonds is 2. The minimum atomic E-state index is 0.469. The number of para-hydroxylation sites is 1. The molecule has 1 N–H and O–H groups in total. The lowest BCUT2D eigenvalue weighted by molar-refractivity contribution is 0.178. The van der Waals surface area contributed by atoms with Gasteiger partial charge in [0.1, 0.15) is 0 Å². The van der Waals surface area contributed by atoms with Gasteiger partial charge < -0.3 is 5.32 Å². The summed E-state index contributed by atoms with van der Waals surface area (Å²) in [4.78, 5) is 0. The van der Waals surface area contributed by atoms with Crippen molar-refractivity contribution in [1.29, 1.82) is 0 Å². The number of halogens is 1. The van der Waals surface area contributed by atoms with Crippen LogP contribution in [0.25, 0.3) is 0 Å². The van der Waals surface area contributed by atoms with Gasteiger partial charge in [-0.25, -0.2) is 0 Å². The van der Waals surface area contributed by atoms with Crippen LogP contribution in [0.1, 0.15) is 40.0 Å². The molecule has 0 bridgehead atoms. The molecular formula is C15H22BrN. The molecule has 2 atom stereocenters. The van der Waals surface area contributed by atoms with Gasteiger partial charge >= 0.3 is 0 Å². The van der Waals surface area contributed by atoms with Crippen molar-refractivity contribution in [2.45, 2.75) is 46.1 Å². The maximum Gasteiger partial charge on any atom is 0.0486 e. The van der Waals surface area contributed by atoms with E-state index in [-0.39, 0.29) is 0 Å². The molecule has 2 rings (SSSR count). The summed E-state index contributed by atoms with van der Waals surface area (Å²) in [5.74, 6) is 0.818. The molecule has 1 fully saturated rings. The zero-order valence-electron chi connectivity index (χ0n) is 11.0. The first-order valence-electron chi connectivity index (χ1n) is 6.47. The van der Waals surface area contributed by atoms with E-state index in [0.29, 0.717) is 11.5 Å². The van der Waals surface area contributed by atoms with Crippen LogP contribution >= 0.6 is 15.9 Å². The molecule has 1 saturated carbocycles. The maximum atomic E-state index is 3.69. The van der Waals surface area contributed by atoms with Crippen LogP contribution in [-0.4, -0.2) is 6.04 Å². The van der Waals surface area contributed by atoms with E-state index >= 15 is 0 Å². The molecule has 94 valence electrons. The molecule has 2 unspecified atom stereocenters. The van der Waals surface area contributed by atoms with E-state index in [1.54, 1.807) is 0 Å². The van der Waals surface area contributed by atoms with Crippen LogP contribution in [0.3, 0.4) is 0 Å². The Hall–Kier alpha value is -0.500. The summed E-state index contributed by atoms with van der Waals surface area (Å²) >= 11 is 3.60. The lowest BCUT2D eigenvalue weighted by Gasteiger charge is -2.39. The van der Waals surface area contributed by atoms with E-state index < -0.39 is 0 Å². The van der Waals surface area contributed by atoms with E-state index in [2.05, 4.69) is 66.3 Å². The first-order chi connectivity index (χ1) is 7.96. The highest BCUT2D eigenvalue weighted by atomic mass is 79.9. The summed E-state index contributed by atoms with van der Waals surface area (Å²) < 4.78 is 1.16. The zero-order chi connectivity index (χ0) is 12.5. The monoisotopic (exact) mass is 295 g/mol. The third kappa shape index (κ3) is 3.48. The number of hydrogen-bond donors (Lipinski definition) is 1. The Labute approximate surface area is 113 Å². The first-order valence-corrected chi connectivity index (χ1v) is 7.27. The van der Waals surface area contributed by atoms with Crippen molar-refractivity contribution in [3.63, 3.8) is 0 Å². The van der Waals surface area contributed by atoms with Gasteiger partial charge in [-0.2, -0.15) is 0 Å². The Morgan fingerprint density at radius 3 is 2.59 bits per heavy atom. The second kappa shape index (κ2) is 5.01. The van der Waals surface area contributed by atoms with Crippen molar-refractivity contribution in [3.05, 3.63) is 28.7 Å². The fourth-order valence-corrected chi connectivity index (χ4v) is 3.65. The van der Waals surface area contributed by atoms with Gasteiger partial charge in [0.15, 0.2) is 0 Å². The molecule has 0 aliphatic heterocycles. The van der Waals surface area contributed by atoms with Crippen molar-refractivity contribution in [3.8, 4) is 0 Å². The quantitative estimate of drug-likeness (QED) is 0.803. The van der Waals surface area contributed by atoms with E-state index in [1.165, 1.54) is 24.9 Å². The molecule has 1 aliphatic rings. The Morgan fingerprint density at radius 2 is 1.94 bits per heavy atom. The standard InChI is InChI=1S/C15H22BrN/c1-11-8-12(10-15(2,3)9-11)17-14-7-5-4-6-13(14)16/h4-7,11-12,17H,8-10H2,1-3H3. The normalized spacial score (nSPS) is 27.8. The maximum absolute atomic E-state index is 3.69. The number of benzene rings is 1. The van der Waals surface area contributed by atoms with E-state index in [9.17, 15) is 0 Å². The summed E-state index contributed by atoms with van der Waals surface area (Å²) in [6.45, 7) is 7.14. The largest absolute Gasteiger partial charge is 0.381 e. The summed E-state index contributed by atoms with van der Waals surface area (Å²) in [6, 6.07) is 9.00. The molecule has 0 saturated heterocycles. The van der Waals surface area contributed by atoms with Crippen LogP contribution in [0, 0.1) is 11.3 Å². The average molecular weight is 296 g/mol. The van der Waals surface area contributed by atoms with Crippen LogP contribution in [0.4, 0.5) is 5.69 Å². The number of anilines is 1. The van der Waals surface area contributed by atoms with Gasteiger partial charge in [-0.1, -0.05) is 32.9 Å². The third-order valence-electron chi connectivity index (χ3n) is 3.62. The number of nitrogens with one attached hydrogen (secondary N) is 1. The van der Waals surface area contributed by atoms with Crippen LogP contribution in [0.5, 0.6) is 0 Å². The second-order valence-electron chi connectivity index (χ2n) is 6.23. The van der Waals surface area contributed by atoms with Crippen molar-refractivity contribution in [2.75, 3.05) is 5.32 Å². The van der Waals surface area contributed by atoms with Crippen molar-refractivity contribution in [2.24, 2.45) is 11.3 Å². The summed E-state index contributed by atoms with van der Waals surface area (Å²) in [5.41, 5.74) is 1.69. The van der Waals surface area contributed by atoms with Gasteiger partial charge in [0.25, 0.3) is 0 Å². The zero-order valence-corrected chi connectivity index (χ0v) is 12.5. The average Bonchev–Trinajstić information content (AvgIpc) is 2.18. The van der Waals surface area contributed by atoms with Crippen LogP contribution < -0.4 is 5.32 Å². The molecule has 1 aliphatic carbocycles. The highest BCUT2D eigenvalue weighted by Gasteiger charge is 2.31. The van der Waals surface area contributed by atoms with E-state index in [1.807, 2.05) is 0 Å². The fourth-order valence-electron chi connectivity index (χ4n) is 3.25. The highest BCUT2D eigenvalue weighted by Crippen LogP contribution is 2.40. The molecule has 17 heavy (non-hydrogen) atoms. The van der Waals surface area contributed by atoms with Crippen molar-refractivity contribution >= 4 is 21.6 Å². The Kier molecular flexibility index (Phi) is 3.82. The SMILES string of the molecule is CC1CC(Nc2ccccc2Br)CC(C)(C)C1. The minimum Gasteiger partial charge on any atom is -0.381 e. The second-order valence-corrected chi connectivity index (χ2v) is 7.09. The van der Waals surface area contributed by atoms with Crippen molar-refractivity contribution in [1.82, 2.24) is 0 Å². The van der Waals surface area contributed by atoms with Gasteiger partial charge in [-0.05, 0) is 58.7 Å². The van der Waals surface area contributed by atoms with Crippen LogP contribution in [0.2, 0.25) is 0 Å².